The van der Waals surface area contributed by atoms with E-state index in [1.165, 1.54) is 0 Å². The summed E-state index contributed by atoms with van der Waals surface area (Å²) in [6, 6.07) is 0. The Kier molecular flexibility index (Phi) is 23.3. The predicted molar refractivity (Wildman–Crippen MR) is 211 cm³/mol. The van der Waals surface area contributed by atoms with Crippen LogP contribution in [-0.2, 0) is 39.8 Å². The Hall–Kier alpha value is 1.22. The van der Waals surface area contributed by atoms with Crippen molar-refractivity contribution in [1.82, 2.24) is 0 Å². The van der Waals surface area contributed by atoms with Gasteiger partial charge >= 0.3 is 27.1 Å². The number of rotatable bonds is 9. The third kappa shape index (κ3) is 42.4. The largest absolute Gasteiger partial charge is 0.678 e. The predicted octanol–water partition coefficient (Wildman–Crippen LogP) is 8.58. The maximum atomic E-state index is 10.5. The van der Waals surface area contributed by atoms with Gasteiger partial charge in [0.2, 0.25) is 0 Å². The maximum Gasteiger partial charge on any atom is 0.678 e. The Morgan fingerprint density at radius 2 is 0.269 bits per heavy atom. The summed E-state index contributed by atoms with van der Waals surface area (Å²) >= 11 is 0. The molecule has 0 aromatic heterocycles. The van der Waals surface area contributed by atoms with E-state index in [1.54, 1.807) is 0 Å². The molecule has 0 saturated heterocycles. The summed E-state index contributed by atoms with van der Waals surface area (Å²) in [7, 11) is -11.0. The molecule has 0 aliphatic heterocycles. The summed E-state index contributed by atoms with van der Waals surface area (Å²) < 4.78 is 50.6. The molecule has 16 heteroatoms. The molecule has 0 aromatic carbocycles. The van der Waals surface area contributed by atoms with Gasteiger partial charge < -0.3 is 54.2 Å². The maximum absolute atomic E-state index is 10.5. The van der Waals surface area contributed by atoms with Gasteiger partial charge in [0.05, 0.1) is 50.4 Å². The van der Waals surface area contributed by atoms with Crippen LogP contribution in [0.5, 0.6) is 0 Å². The van der Waals surface area contributed by atoms with Crippen LogP contribution in [0.2, 0.25) is 0 Å². The van der Waals surface area contributed by atoms with E-state index in [0.717, 1.165) is 0 Å². The fourth-order valence-electron chi connectivity index (χ4n) is 3.67. The second kappa shape index (κ2) is 20.3. The fourth-order valence-corrected chi connectivity index (χ4v) is 11.0. The second-order valence-electron chi connectivity index (χ2n) is 21.5. The zero-order valence-corrected chi connectivity index (χ0v) is 45.7. The summed E-state index contributed by atoms with van der Waals surface area (Å²) in [5.41, 5.74) is -4.65. The molecule has 52 heavy (non-hydrogen) atoms. The van der Waals surface area contributed by atoms with E-state index in [-0.39, 0.29) is 31.1 Å². The fraction of sp³-hybridized carbons (Fsp3) is 1.00. The molecule has 0 aromatic rings. The Bertz CT molecular complexity index is 747. The SMILES string of the molecule is CC(C)(C)O[Si](O)(OC(C)(C)C)OC(C)(C)C.CC(C)(C)O[Si](O)(OC(C)(C)C)OC(C)(C)C.CC(C)(C)O[Si](O)(OC(C)(C)C)OC(C)(C)C.[U]. The van der Waals surface area contributed by atoms with Crippen molar-refractivity contribution in [1.29, 1.82) is 0 Å². The first-order valence-corrected chi connectivity index (χ1v) is 22.9. The minimum atomic E-state index is -3.66. The monoisotopic (exact) mass is 1030 g/mol. The molecule has 0 saturated carbocycles. The molecule has 316 valence electrons. The van der Waals surface area contributed by atoms with Crippen LogP contribution in [0.25, 0.3) is 0 Å². The van der Waals surface area contributed by atoms with Crippen LogP contribution in [-0.4, -0.2) is 91.9 Å². The first-order chi connectivity index (χ1) is 21.4. The molecule has 0 spiro atoms. The Morgan fingerprint density at radius 1 is 0.212 bits per heavy atom. The van der Waals surface area contributed by atoms with Crippen molar-refractivity contribution in [2.24, 2.45) is 0 Å². The average Bonchev–Trinajstić information content (AvgIpc) is 2.51. The molecule has 0 rings (SSSR count). The van der Waals surface area contributed by atoms with Crippen LogP contribution >= 0.6 is 0 Å². The van der Waals surface area contributed by atoms with Crippen LogP contribution in [0.3, 0.4) is 0 Å². The van der Waals surface area contributed by atoms with Gasteiger partial charge in [0.15, 0.2) is 0 Å². The van der Waals surface area contributed by atoms with Gasteiger partial charge in [0, 0.05) is 31.1 Å². The molecule has 0 atom stereocenters. The molecular weight excluding hydrogens is 947 g/mol. The van der Waals surface area contributed by atoms with Gasteiger partial charge in [-0.2, -0.15) is 0 Å². The van der Waals surface area contributed by atoms with Gasteiger partial charge in [0.1, 0.15) is 0 Å². The zero-order chi connectivity index (χ0) is 42.4. The molecule has 12 nitrogen and oxygen atoms in total. The van der Waals surface area contributed by atoms with Crippen molar-refractivity contribution in [3.8, 4) is 0 Å². The molecule has 0 unspecified atom stereocenters. The molecule has 0 fully saturated rings. The van der Waals surface area contributed by atoms with E-state index in [1.807, 2.05) is 187 Å². The zero-order valence-electron chi connectivity index (χ0n) is 38.5. The van der Waals surface area contributed by atoms with Gasteiger partial charge in [0.25, 0.3) is 0 Å². The molecule has 0 heterocycles. The average molecular weight is 1030 g/mol. The smallest absolute Gasteiger partial charge is 0.367 e. The van der Waals surface area contributed by atoms with Gasteiger partial charge in [-0.1, -0.05) is 0 Å². The molecule has 0 bridgehead atoms. The van der Waals surface area contributed by atoms with Gasteiger partial charge in [-0.05, 0) is 187 Å². The summed E-state index contributed by atoms with van der Waals surface area (Å²) in [5.74, 6) is 0. The van der Waals surface area contributed by atoms with E-state index in [4.69, 9.17) is 39.8 Å². The molecular formula is C36H84O12Si3U. The van der Waals surface area contributed by atoms with Crippen LogP contribution in [0.15, 0.2) is 0 Å². The Labute approximate surface area is 347 Å². The Morgan fingerprint density at radius 3 is 0.308 bits per heavy atom. The van der Waals surface area contributed by atoms with E-state index >= 15 is 0 Å². The number of hydrogen-bond donors (Lipinski definition) is 3. The minimum Gasteiger partial charge on any atom is -0.367 e. The molecule has 0 aliphatic rings. The standard InChI is InChI=1S/3C12H28O4Si.U/c3*1-10(2,3)14-17(13,15-11(4,5)6)16-12(7,8)9;/h3*13H,1-9H3;. The topological polar surface area (TPSA) is 144 Å². The van der Waals surface area contributed by atoms with E-state index < -0.39 is 77.6 Å². The first kappa shape index (κ1) is 59.9. The summed E-state index contributed by atoms with van der Waals surface area (Å²) in [5, 5.41) is 0. The summed E-state index contributed by atoms with van der Waals surface area (Å²) in [4.78, 5) is 31.5. The molecule has 0 aliphatic carbocycles. The van der Waals surface area contributed by atoms with Crippen LogP contribution < -0.4 is 0 Å². The van der Waals surface area contributed by atoms with Crippen molar-refractivity contribution in [2.75, 3.05) is 0 Å². The van der Waals surface area contributed by atoms with Gasteiger partial charge in [-0.25, -0.2) is 0 Å². The number of hydrogen-bond acceptors (Lipinski definition) is 12. The minimum absolute atomic E-state index is 0. The third-order valence-corrected chi connectivity index (χ3v) is 11.7. The summed E-state index contributed by atoms with van der Waals surface area (Å²) in [6.45, 7) is 50.3. The molecule has 3 N–H and O–H groups in total. The van der Waals surface area contributed by atoms with Crippen molar-refractivity contribution in [3.63, 3.8) is 0 Å². The first-order valence-electron chi connectivity index (χ1n) is 17.8. The van der Waals surface area contributed by atoms with E-state index in [9.17, 15) is 14.4 Å². The van der Waals surface area contributed by atoms with Crippen molar-refractivity contribution >= 4 is 27.1 Å². The van der Waals surface area contributed by atoms with Gasteiger partial charge in [-0.15, -0.1) is 0 Å². The van der Waals surface area contributed by atoms with Crippen molar-refractivity contribution < 1.29 is 85.3 Å². The van der Waals surface area contributed by atoms with E-state index in [0.29, 0.717) is 0 Å². The second-order valence-corrected chi connectivity index (χ2v) is 26.5. The van der Waals surface area contributed by atoms with Crippen molar-refractivity contribution in [3.05, 3.63) is 0 Å². The normalized spacial score (nSPS) is 14.9. The molecule has 0 radical (unpaired) electrons. The van der Waals surface area contributed by atoms with Gasteiger partial charge in [-0.3, -0.25) is 0 Å². The summed E-state index contributed by atoms with van der Waals surface area (Å²) in [6.07, 6.45) is 0. The van der Waals surface area contributed by atoms with Crippen molar-refractivity contribution in [2.45, 2.75) is 237 Å². The van der Waals surface area contributed by atoms with E-state index in [2.05, 4.69) is 0 Å². The third-order valence-electron chi connectivity index (χ3n) is 3.92. The quantitative estimate of drug-likeness (QED) is 0.191. The Balaban J connectivity index is -0.000000329. The van der Waals surface area contributed by atoms with Crippen LogP contribution in [0.1, 0.15) is 187 Å². The molecule has 0 amide bonds. The van der Waals surface area contributed by atoms with Crippen LogP contribution in [0, 0.1) is 31.1 Å². The van der Waals surface area contributed by atoms with Crippen LogP contribution in [0.4, 0.5) is 0 Å².